The van der Waals surface area contributed by atoms with Gasteiger partial charge in [-0.2, -0.15) is 5.26 Å². The minimum Gasteiger partial charge on any atom is -0.326 e. The zero-order valence-electron chi connectivity index (χ0n) is 13.0. The fraction of sp³-hybridized carbons (Fsp3) is 0.263. The number of hydrogen-bond donors (Lipinski definition) is 1. The quantitative estimate of drug-likeness (QED) is 0.907. The molecule has 112 valence electrons. The summed E-state index contributed by atoms with van der Waals surface area (Å²) < 4.78 is 0. The number of nitrogens with one attached hydrogen (secondary N) is 1. The molecule has 0 aliphatic rings. The number of carbonyl (C=O) groups is 1. The van der Waals surface area contributed by atoms with E-state index in [4.69, 9.17) is 5.26 Å². The molecule has 0 aliphatic carbocycles. The number of amides is 1. The Morgan fingerprint density at radius 2 is 1.82 bits per heavy atom. The molecule has 0 saturated heterocycles. The Morgan fingerprint density at radius 1 is 1.14 bits per heavy atom. The van der Waals surface area contributed by atoms with Crippen LogP contribution in [0.1, 0.15) is 30.5 Å². The summed E-state index contributed by atoms with van der Waals surface area (Å²) >= 11 is 0. The van der Waals surface area contributed by atoms with Gasteiger partial charge in [0.05, 0.1) is 18.1 Å². The van der Waals surface area contributed by atoms with E-state index in [-0.39, 0.29) is 5.91 Å². The second kappa shape index (κ2) is 7.42. The molecule has 0 saturated carbocycles. The predicted molar refractivity (Wildman–Crippen MR) is 88.5 cm³/mol. The standard InChI is InChI=1S/C19H20N2O/c1-14(2)10-15-6-8-16(9-7-15)12-19(22)21-18-5-3-4-17(11-18)13-20/h3-9,11,14H,10,12H2,1-2H3,(H,21,22). The van der Waals surface area contributed by atoms with E-state index in [0.717, 1.165) is 12.0 Å². The first-order valence-corrected chi connectivity index (χ1v) is 7.44. The SMILES string of the molecule is CC(C)Cc1ccc(CC(=O)Nc2cccc(C#N)c2)cc1. The van der Waals surface area contributed by atoms with Gasteiger partial charge >= 0.3 is 0 Å². The lowest BCUT2D eigenvalue weighted by Crippen LogP contribution is -2.14. The van der Waals surface area contributed by atoms with E-state index < -0.39 is 0 Å². The van der Waals surface area contributed by atoms with Crippen molar-refractivity contribution in [2.24, 2.45) is 5.92 Å². The summed E-state index contributed by atoms with van der Waals surface area (Å²) in [4.78, 5) is 12.1. The number of nitriles is 1. The van der Waals surface area contributed by atoms with Crippen LogP contribution in [-0.2, 0) is 17.6 Å². The van der Waals surface area contributed by atoms with E-state index >= 15 is 0 Å². The molecule has 0 unspecified atom stereocenters. The maximum absolute atomic E-state index is 12.1. The molecule has 2 aromatic carbocycles. The Morgan fingerprint density at radius 3 is 2.45 bits per heavy atom. The predicted octanol–water partition coefficient (Wildman–Crippen LogP) is 3.94. The van der Waals surface area contributed by atoms with Crippen molar-refractivity contribution in [2.75, 3.05) is 5.32 Å². The number of rotatable bonds is 5. The van der Waals surface area contributed by atoms with Crippen LogP contribution in [0, 0.1) is 17.2 Å². The summed E-state index contributed by atoms with van der Waals surface area (Å²) in [5, 5.41) is 11.7. The monoisotopic (exact) mass is 292 g/mol. The smallest absolute Gasteiger partial charge is 0.228 e. The molecular formula is C19H20N2O. The third-order valence-electron chi connectivity index (χ3n) is 3.31. The molecule has 3 nitrogen and oxygen atoms in total. The summed E-state index contributed by atoms with van der Waals surface area (Å²) in [6.07, 6.45) is 1.38. The number of carbonyl (C=O) groups excluding carboxylic acids is 1. The van der Waals surface area contributed by atoms with Crippen LogP contribution in [0.3, 0.4) is 0 Å². The van der Waals surface area contributed by atoms with Crippen LogP contribution < -0.4 is 5.32 Å². The van der Waals surface area contributed by atoms with Crippen LogP contribution in [0.15, 0.2) is 48.5 Å². The molecule has 0 fully saturated rings. The van der Waals surface area contributed by atoms with Crippen molar-refractivity contribution in [3.8, 4) is 6.07 Å². The van der Waals surface area contributed by atoms with Crippen molar-refractivity contribution >= 4 is 11.6 Å². The van der Waals surface area contributed by atoms with E-state index in [0.29, 0.717) is 23.6 Å². The van der Waals surface area contributed by atoms with Crippen LogP contribution in [0.2, 0.25) is 0 Å². The van der Waals surface area contributed by atoms with E-state index in [9.17, 15) is 4.79 Å². The van der Waals surface area contributed by atoms with E-state index in [2.05, 4.69) is 37.4 Å². The molecule has 0 aromatic heterocycles. The zero-order chi connectivity index (χ0) is 15.9. The maximum Gasteiger partial charge on any atom is 0.228 e. The zero-order valence-corrected chi connectivity index (χ0v) is 13.0. The van der Waals surface area contributed by atoms with Gasteiger partial charge in [0.2, 0.25) is 5.91 Å². The van der Waals surface area contributed by atoms with Crippen molar-refractivity contribution in [3.63, 3.8) is 0 Å². The molecule has 3 heteroatoms. The van der Waals surface area contributed by atoms with Gasteiger partial charge in [-0.15, -0.1) is 0 Å². The molecule has 0 bridgehead atoms. The van der Waals surface area contributed by atoms with E-state index in [1.54, 1.807) is 24.3 Å². The lowest BCUT2D eigenvalue weighted by Gasteiger charge is -2.08. The molecule has 0 atom stereocenters. The Labute approximate surface area is 131 Å². The highest BCUT2D eigenvalue weighted by molar-refractivity contribution is 5.92. The Hall–Kier alpha value is -2.60. The van der Waals surface area contributed by atoms with Crippen molar-refractivity contribution < 1.29 is 4.79 Å². The van der Waals surface area contributed by atoms with Gasteiger partial charge < -0.3 is 5.32 Å². The highest BCUT2D eigenvalue weighted by Gasteiger charge is 2.05. The van der Waals surface area contributed by atoms with Gasteiger partial charge in [-0.25, -0.2) is 0 Å². The molecule has 1 amide bonds. The number of hydrogen-bond acceptors (Lipinski definition) is 2. The Balaban J connectivity index is 1.95. The summed E-state index contributed by atoms with van der Waals surface area (Å²) in [7, 11) is 0. The Kier molecular flexibility index (Phi) is 5.32. The number of anilines is 1. The van der Waals surface area contributed by atoms with Gasteiger partial charge in [-0.3, -0.25) is 4.79 Å². The van der Waals surface area contributed by atoms with E-state index in [1.165, 1.54) is 5.56 Å². The molecule has 22 heavy (non-hydrogen) atoms. The first kappa shape index (κ1) is 15.8. The van der Waals surface area contributed by atoms with Gasteiger partial charge in [-0.05, 0) is 41.7 Å². The van der Waals surface area contributed by atoms with Gasteiger partial charge in [-0.1, -0.05) is 44.2 Å². The van der Waals surface area contributed by atoms with Gasteiger partial charge in [0.1, 0.15) is 0 Å². The molecule has 2 rings (SSSR count). The van der Waals surface area contributed by atoms with Crippen LogP contribution in [-0.4, -0.2) is 5.91 Å². The minimum atomic E-state index is -0.0771. The van der Waals surface area contributed by atoms with Crippen molar-refractivity contribution in [3.05, 3.63) is 65.2 Å². The summed E-state index contributed by atoms with van der Waals surface area (Å²) in [5.41, 5.74) is 3.47. The molecule has 1 N–H and O–H groups in total. The van der Waals surface area contributed by atoms with E-state index in [1.807, 2.05) is 12.1 Å². The third kappa shape index (κ3) is 4.75. The maximum atomic E-state index is 12.1. The molecule has 0 radical (unpaired) electrons. The minimum absolute atomic E-state index is 0.0771. The largest absolute Gasteiger partial charge is 0.326 e. The van der Waals surface area contributed by atoms with Gasteiger partial charge in [0.15, 0.2) is 0 Å². The molecule has 0 aliphatic heterocycles. The fourth-order valence-electron chi connectivity index (χ4n) is 2.32. The summed E-state index contributed by atoms with van der Waals surface area (Å²) in [6.45, 7) is 4.38. The first-order chi connectivity index (χ1) is 10.6. The molecular weight excluding hydrogens is 272 g/mol. The topological polar surface area (TPSA) is 52.9 Å². The van der Waals surface area contributed by atoms with Crippen molar-refractivity contribution in [1.82, 2.24) is 0 Å². The van der Waals surface area contributed by atoms with Crippen LogP contribution >= 0.6 is 0 Å². The highest BCUT2D eigenvalue weighted by atomic mass is 16.1. The van der Waals surface area contributed by atoms with Crippen LogP contribution in [0.4, 0.5) is 5.69 Å². The van der Waals surface area contributed by atoms with Crippen molar-refractivity contribution in [2.45, 2.75) is 26.7 Å². The van der Waals surface area contributed by atoms with Crippen molar-refractivity contribution in [1.29, 1.82) is 5.26 Å². The van der Waals surface area contributed by atoms with Gasteiger partial charge in [0.25, 0.3) is 0 Å². The lowest BCUT2D eigenvalue weighted by atomic mass is 10.0. The van der Waals surface area contributed by atoms with Crippen LogP contribution in [0.5, 0.6) is 0 Å². The second-order valence-electron chi connectivity index (χ2n) is 5.83. The average Bonchev–Trinajstić information content (AvgIpc) is 2.49. The summed E-state index contributed by atoms with van der Waals surface area (Å²) in [6, 6.07) is 17.2. The normalized spacial score (nSPS) is 10.3. The molecule has 0 heterocycles. The van der Waals surface area contributed by atoms with Crippen LogP contribution in [0.25, 0.3) is 0 Å². The van der Waals surface area contributed by atoms with Gasteiger partial charge in [0, 0.05) is 5.69 Å². The molecule has 0 spiro atoms. The first-order valence-electron chi connectivity index (χ1n) is 7.44. The lowest BCUT2D eigenvalue weighted by molar-refractivity contribution is -0.115. The number of nitrogens with zero attached hydrogens (tertiary/aromatic N) is 1. The highest BCUT2D eigenvalue weighted by Crippen LogP contribution is 2.13. The average molecular weight is 292 g/mol. The Bertz CT molecular complexity index is 681. The number of benzene rings is 2. The molecule has 2 aromatic rings. The third-order valence-corrected chi connectivity index (χ3v) is 3.31. The fourth-order valence-corrected chi connectivity index (χ4v) is 2.32. The second-order valence-corrected chi connectivity index (χ2v) is 5.83. The summed E-state index contributed by atoms with van der Waals surface area (Å²) in [5.74, 6) is 0.549.